The van der Waals surface area contributed by atoms with Crippen LogP contribution in [0.3, 0.4) is 0 Å². The first kappa shape index (κ1) is 14.0. The summed E-state index contributed by atoms with van der Waals surface area (Å²) in [6.45, 7) is 0. The number of ether oxygens (including phenoxy) is 1. The molecular weight excluding hydrogens is 274 g/mol. The fourth-order valence-corrected chi connectivity index (χ4v) is 2.02. The van der Waals surface area contributed by atoms with Gasteiger partial charge >= 0.3 is 5.97 Å². The van der Waals surface area contributed by atoms with Crippen LogP contribution in [0.2, 0.25) is 0 Å². The summed E-state index contributed by atoms with van der Waals surface area (Å²) in [5.41, 5.74) is 0.255. The highest BCUT2D eigenvalue weighted by Crippen LogP contribution is 2.27. The van der Waals surface area contributed by atoms with Gasteiger partial charge in [-0.05, 0) is 48.7 Å². The van der Waals surface area contributed by atoms with Gasteiger partial charge in [-0.15, -0.1) is 11.8 Å². The van der Waals surface area contributed by atoms with Gasteiger partial charge in [-0.25, -0.2) is 4.79 Å². The number of rotatable bonds is 4. The number of carboxylic acids is 1. The van der Waals surface area contributed by atoms with Crippen LogP contribution in [0.25, 0.3) is 0 Å². The van der Waals surface area contributed by atoms with E-state index in [1.807, 2.05) is 24.5 Å². The van der Waals surface area contributed by atoms with E-state index in [1.165, 1.54) is 18.2 Å². The molecule has 0 amide bonds. The summed E-state index contributed by atoms with van der Waals surface area (Å²) in [5.74, 6) is -0.130. The molecule has 5 heteroatoms. The van der Waals surface area contributed by atoms with E-state index in [2.05, 4.69) is 0 Å². The highest BCUT2D eigenvalue weighted by molar-refractivity contribution is 7.98. The third kappa shape index (κ3) is 3.11. The van der Waals surface area contributed by atoms with Crippen molar-refractivity contribution in [3.05, 3.63) is 53.6 Å². The highest BCUT2D eigenvalue weighted by atomic mass is 32.2. The van der Waals surface area contributed by atoms with Crippen LogP contribution in [0.4, 0.5) is 0 Å². The van der Waals surface area contributed by atoms with Gasteiger partial charge in [0.2, 0.25) is 0 Å². The van der Waals surface area contributed by atoms with Gasteiger partial charge in [0.25, 0.3) is 0 Å². The Balaban J connectivity index is 2.28. The standard InChI is InChI=1S/C15H11NO3S/c1-20-13-5-3-12(4-6-13)19-14-7-2-10(15(17)18)8-11(14)9-16/h2-8H,1H3,(H,17,18). The molecule has 0 aliphatic rings. The molecule has 2 rings (SSSR count). The van der Waals surface area contributed by atoms with Gasteiger partial charge < -0.3 is 9.84 Å². The van der Waals surface area contributed by atoms with Crippen molar-refractivity contribution in [1.82, 2.24) is 0 Å². The minimum atomic E-state index is -1.07. The van der Waals surface area contributed by atoms with Crippen LogP contribution in [0.1, 0.15) is 15.9 Å². The minimum Gasteiger partial charge on any atom is -0.478 e. The zero-order valence-corrected chi connectivity index (χ0v) is 11.5. The second-order valence-electron chi connectivity index (χ2n) is 3.91. The van der Waals surface area contributed by atoms with Gasteiger partial charge in [-0.1, -0.05) is 0 Å². The molecule has 0 aliphatic heterocycles. The van der Waals surface area contributed by atoms with Crippen LogP contribution in [0, 0.1) is 11.3 Å². The van der Waals surface area contributed by atoms with Crippen LogP contribution in [-0.4, -0.2) is 17.3 Å². The minimum absolute atomic E-state index is 0.0617. The van der Waals surface area contributed by atoms with Crippen molar-refractivity contribution in [1.29, 1.82) is 5.26 Å². The normalized spacial score (nSPS) is 9.80. The molecule has 0 bridgehead atoms. The van der Waals surface area contributed by atoms with Crippen LogP contribution >= 0.6 is 11.8 Å². The molecule has 2 aromatic carbocycles. The molecule has 0 fully saturated rings. The topological polar surface area (TPSA) is 70.3 Å². The highest BCUT2D eigenvalue weighted by Gasteiger charge is 2.10. The fourth-order valence-electron chi connectivity index (χ4n) is 1.61. The molecular formula is C15H11NO3S. The van der Waals surface area contributed by atoms with Crippen molar-refractivity contribution in [2.24, 2.45) is 0 Å². The van der Waals surface area contributed by atoms with Crippen molar-refractivity contribution in [2.45, 2.75) is 4.90 Å². The predicted molar refractivity (Wildman–Crippen MR) is 76.4 cm³/mol. The molecule has 2 aromatic rings. The van der Waals surface area contributed by atoms with Gasteiger partial charge in [0.05, 0.1) is 11.1 Å². The predicted octanol–water partition coefficient (Wildman–Crippen LogP) is 3.77. The van der Waals surface area contributed by atoms with Crippen molar-refractivity contribution in [2.75, 3.05) is 6.26 Å². The number of hydrogen-bond acceptors (Lipinski definition) is 4. The average Bonchev–Trinajstić information content (AvgIpc) is 2.48. The van der Waals surface area contributed by atoms with Crippen molar-refractivity contribution in [3.8, 4) is 17.6 Å². The lowest BCUT2D eigenvalue weighted by atomic mass is 10.1. The monoisotopic (exact) mass is 285 g/mol. The maximum Gasteiger partial charge on any atom is 0.335 e. The van der Waals surface area contributed by atoms with E-state index in [9.17, 15) is 4.79 Å². The molecule has 0 aromatic heterocycles. The smallest absolute Gasteiger partial charge is 0.335 e. The zero-order chi connectivity index (χ0) is 14.5. The molecule has 0 saturated heterocycles. The van der Waals surface area contributed by atoms with E-state index >= 15 is 0 Å². The van der Waals surface area contributed by atoms with Gasteiger partial charge in [0, 0.05) is 4.90 Å². The van der Waals surface area contributed by atoms with Gasteiger partial charge in [0.15, 0.2) is 0 Å². The Bertz CT molecular complexity index is 675. The number of carboxylic acid groups (broad SMARTS) is 1. The number of hydrogen-bond donors (Lipinski definition) is 1. The SMILES string of the molecule is CSc1ccc(Oc2ccc(C(=O)O)cc2C#N)cc1. The van der Waals surface area contributed by atoms with E-state index < -0.39 is 5.97 Å². The molecule has 4 nitrogen and oxygen atoms in total. The Kier molecular flexibility index (Phi) is 4.28. The number of benzene rings is 2. The van der Waals surface area contributed by atoms with Crippen molar-refractivity contribution >= 4 is 17.7 Å². The van der Waals surface area contributed by atoms with Crippen molar-refractivity contribution in [3.63, 3.8) is 0 Å². The van der Waals surface area contributed by atoms with Crippen LogP contribution in [-0.2, 0) is 0 Å². The third-order valence-electron chi connectivity index (χ3n) is 2.63. The summed E-state index contributed by atoms with van der Waals surface area (Å²) in [7, 11) is 0. The summed E-state index contributed by atoms with van der Waals surface area (Å²) >= 11 is 1.62. The van der Waals surface area contributed by atoms with Crippen LogP contribution in [0.15, 0.2) is 47.4 Å². The third-order valence-corrected chi connectivity index (χ3v) is 3.38. The number of carbonyl (C=O) groups is 1. The average molecular weight is 285 g/mol. The Morgan fingerprint density at radius 1 is 1.25 bits per heavy atom. The molecule has 0 saturated carbocycles. The van der Waals surface area contributed by atoms with E-state index in [0.29, 0.717) is 11.5 Å². The molecule has 20 heavy (non-hydrogen) atoms. The lowest BCUT2D eigenvalue weighted by molar-refractivity contribution is 0.0697. The molecule has 0 heterocycles. The van der Waals surface area contributed by atoms with E-state index in [1.54, 1.807) is 23.9 Å². The molecule has 0 radical (unpaired) electrons. The summed E-state index contributed by atoms with van der Waals surface area (Å²) < 4.78 is 5.61. The first-order chi connectivity index (χ1) is 9.63. The first-order valence-corrected chi connectivity index (χ1v) is 6.96. The Hall–Kier alpha value is -2.45. The first-order valence-electron chi connectivity index (χ1n) is 5.73. The molecule has 0 spiro atoms. The number of thioether (sulfide) groups is 1. The second-order valence-corrected chi connectivity index (χ2v) is 4.79. The molecule has 1 N–H and O–H groups in total. The Labute approximate surface area is 120 Å². The number of aromatic carboxylic acids is 1. The summed E-state index contributed by atoms with van der Waals surface area (Å²) in [5, 5.41) is 17.9. The molecule has 0 atom stereocenters. The molecule has 0 aliphatic carbocycles. The van der Waals surface area contributed by atoms with Crippen LogP contribution < -0.4 is 4.74 Å². The van der Waals surface area contributed by atoms with Crippen molar-refractivity contribution < 1.29 is 14.6 Å². The maximum atomic E-state index is 10.9. The van der Waals surface area contributed by atoms with Gasteiger partial charge in [-0.2, -0.15) is 5.26 Å². The van der Waals surface area contributed by atoms with Gasteiger partial charge in [-0.3, -0.25) is 0 Å². The number of nitriles is 1. The van der Waals surface area contributed by atoms with Crippen LogP contribution in [0.5, 0.6) is 11.5 Å². The lowest BCUT2D eigenvalue weighted by Crippen LogP contribution is -1.98. The van der Waals surface area contributed by atoms with E-state index in [4.69, 9.17) is 15.1 Å². The molecule has 0 unspecified atom stereocenters. The Morgan fingerprint density at radius 3 is 2.50 bits per heavy atom. The zero-order valence-electron chi connectivity index (χ0n) is 10.7. The Morgan fingerprint density at radius 2 is 1.95 bits per heavy atom. The molecule has 100 valence electrons. The van der Waals surface area contributed by atoms with E-state index in [0.717, 1.165) is 4.90 Å². The van der Waals surface area contributed by atoms with Gasteiger partial charge in [0.1, 0.15) is 17.6 Å². The summed E-state index contributed by atoms with van der Waals surface area (Å²) in [6.07, 6.45) is 1.98. The lowest BCUT2D eigenvalue weighted by Gasteiger charge is -2.08. The summed E-state index contributed by atoms with van der Waals surface area (Å²) in [4.78, 5) is 12.0. The largest absolute Gasteiger partial charge is 0.478 e. The van der Waals surface area contributed by atoms with E-state index in [-0.39, 0.29) is 11.1 Å². The summed E-state index contributed by atoms with van der Waals surface area (Å²) in [6, 6.07) is 13.6. The second kappa shape index (κ2) is 6.13. The fraction of sp³-hybridized carbons (Fsp3) is 0.0667. The number of nitrogens with zero attached hydrogens (tertiary/aromatic N) is 1. The quantitative estimate of drug-likeness (QED) is 0.866. The maximum absolute atomic E-state index is 10.9.